The fourth-order valence-electron chi connectivity index (χ4n) is 2.17. The highest BCUT2D eigenvalue weighted by Gasteiger charge is 2.39. The van der Waals surface area contributed by atoms with Crippen LogP contribution < -0.4 is 14.8 Å². The fourth-order valence-corrected chi connectivity index (χ4v) is 3.12. The number of nitrogens with one attached hydrogen (secondary N) is 1. The van der Waals surface area contributed by atoms with E-state index in [1.165, 1.54) is 32.8 Å². The standard InChI is InChI=1S/C15H11F3N6O3S/c1-26-12-8(13(27-2)22-6-21-12)11(25)24-14-23-10(15(16,17)18)9(28-14)7-5-19-3-4-20-7/h3-6H,1-2H3,(H,23,24,25). The number of carbonyl (C=O) groups excluding carboxylic acids is 1. The average Bonchev–Trinajstić information content (AvgIpc) is 3.12. The summed E-state index contributed by atoms with van der Waals surface area (Å²) >= 11 is 0.601. The molecule has 146 valence electrons. The fraction of sp³-hybridized carbons (Fsp3) is 0.200. The Hall–Kier alpha value is -3.35. The number of thiazole rings is 1. The first-order valence-corrected chi connectivity index (χ1v) is 8.25. The van der Waals surface area contributed by atoms with E-state index in [-0.39, 0.29) is 33.0 Å². The van der Waals surface area contributed by atoms with Gasteiger partial charge in [0.25, 0.3) is 5.91 Å². The van der Waals surface area contributed by atoms with Crippen molar-refractivity contribution in [3.63, 3.8) is 0 Å². The molecule has 0 atom stereocenters. The number of ether oxygens (including phenoxy) is 2. The Bertz CT molecular complexity index is 974. The van der Waals surface area contributed by atoms with Gasteiger partial charge in [-0.3, -0.25) is 20.1 Å². The molecular formula is C15H11F3N6O3S. The topological polar surface area (TPSA) is 112 Å². The Labute approximate surface area is 159 Å². The molecule has 3 heterocycles. The Balaban J connectivity index is 2.00. The van der Waals surface area contributed by atoms with E-state index in [9.17, 15) is 18.0 Å². The molecule has 0 fully saturated rings. The number of amides is 1. The van der Waals surface area contributed by atoms with Crippen LogP contribution in [0.3, 0.4) is 0 Å². The highest BCUT2D eigenvalue weighted by atomic mass is 32.1. The summed E-state index contributed by atoms with van der Waals surface area (Å²) in [6, 6.07) is 0. The van der Waals surface area contributed by atoms with E-state index < -0.39 is 17.8 Å². The van der Waals surface area contributed by atoms with Crippen LogP contribution in [0.2, 0.25) is 0 Å². The highest BCUT2D eigenvalue weighted by molar-refractivity contribution is 7.19. The quantitative estimate of drug-likeness (QED) is 0.681. The number of nitrogens with zero attached hydrogens (tertiary/aromatic N) is 5. The van der Waals surface area contributed by atoms with Crippen LogP contribution in [0.25, 0.3) is 10.6 Å². The maximum absolute atomic E-state index is 13.4. The number of halogens is 3. The second kappa shape index (κ2) is 7.72. The molecule has 0 saturated heterocycles. The first-order chi connectivity index (χ1) is 13.3. The highest BCUT2D eigenvalue weighted by Crippen LogP contribution is 2.41. The van der Waals surface area contributed by atoms with E-state index in [0.29, 0.717) is 11.3 Å². The molecule has 0 aliphatic heterocycles. The van der Waals surface area contributed by atoms with Gasteiger partial charge in [-0.25, -0.2) is 15.0 Å². The zero-order valence-corrected chi connectivity index (χ0v) is 15.1. The van der Waals surface area contributed by atoms with Gasteiger partial charge in [0.05, 0.1) is 25.3 Å². The summed E-state index contributed by atoms with van der Waals surface area (Å²) in [5.41, 5.74) is -1.39. The Kier molecular flexibility index (Phi) is 5.35. The van der Waals surface area contributed by atoms with Crippen molar-refractivity contribution in [3.8, 4) is 22.3 Å². The van der Waals surface area contributed by atoms with Crippen molar-refractivity contribution in [2.24, 2.45) is 0 Å². The minimum absolute atomic E-state index is 0.0222. The maximum Gasteiger partial charge on any atom is 0.434 e. The monoisotopic (exact) mass is 412 g/mol. The van der Waals surface area contributed by atoms with Crippen molar-refractivity contribution >= 4 is 22.4 Å². The van der Waals surface area contributed by atoms with Gasteiger partial charge in [0, 0.05) is 12.4 Å². The molecule has 0 bridgehead atoms. The van der Waals surface area contributed by atoms with E-state index >= 15 is 0 Å². The summed E-state index contributed by atoms with van der Waals surface area (Å²) in [5.74, 6) is -1.06. The zero-order valence-electron chi connectivity index (χ0n) is 14.3. The van der Waals surface area contributed by atoms with Crippen LogP contribution in [0.5, 0.6) is 11.8 Å². The predicted molar refractivity (Wildman–Crippen MR) is 91.2 cm³/mol. The molecule has 9 nitrogen and oxygen atoms in total. The molecule has 0 unspecified atom stereocenters. The van der Waals surface area contributed by atoms with E-state index in [1.807, 2.05) is 0 Å². The van der Waals surface area contributed by atoms with Crippen molar-refractivity contribution in [1.29, 1.82) is 0 Å². The number of hydrogen-bond donors (Lipinski definition) is 1. The number of methoxy groups -OCH3 is 2. The van der Waals surface area contributed by atoms with Gasteiger partial charge in [-0.05, 0) is 0 Å². The van der Waals surface area contributed by atoms with Gasteiger partial charge in [-0.2, -0.15) is 13.2 Å². The Morgan fingerprint density at radius 2 is 1.79 bits per heavy atom. The molecule has 1 N–H and O–H groups in total. The summed E-state index contributed by atoms with van der Waals surface area (Å²) in [5, 5.41) is 1.99. The largest absolute Gasteiger partial charge is 0.480 e. The molecule has 3 aromatic rings. The van der Waals surface area contributed by atoms with Gasteiger partial charge in [-0.15, -0.1) is 0 Å². The van der Waals surface area contributed by atoms with Crippen LogP contribution in [0.15, 0.2) is 24.9 Å². The lowest BCUT2D eigenvalue weighted by atomic mass is 10.3. The number of aromatic nitrogens is 5. The van der Waals surface area contributed by atoms with Crippen LogP contribution in [0.1, 0.15) is 16.1 Å². The van der Waals surface area contributed by atoms with E-state index in [4.69, 9.17) is 9.47 Å². The molecular weight excluding hydrogens is 401 g/mol. The number of alkyl halides is 3. The van der Waals surface area contributed by atoms with Gasteiger partial charge in [0.1, 0.15) is 12.0 Å². The summed E-state index contributed by atoms with van der Waals surface area (Å²) < 4.78 is 50.1. The van der Waals surface area contributed by atoms with Crippen molar-refractivity contribution in [3.05, 3.63) is 36.2 Å². The first kappa shape index (κ1) is 19.4. The van der Waals surface area contributed by atoms with Crippen LogP contribution in [-0.2, 0) is 6.18 Å². The zero-order chi connectivity index (χ0) is 20.3. The molecule has 0 aliphatic rings. The van der Waals surface area contributed by atoms with E-state index in [0.717, 1.165) is 6.33 Å². The SMILES string of the molecule is COc1ncnc(OC)c1C(=O)Nc1nc(C(F)(F)F)c(-c2cnccn2)s1. The van der Waals surface area contributed by atoms with Gasteiger partial charge >= 0.3 is 6.18 Å². The third-order valence-electron chi connectivity index (χ3n) is 3.30. The molecule has 28 heavy (non-hydrogen) atoms. The molecule has 13 heteroatoms. The van der Waals surface area contributed by atoms with Crippen LogP contribution >= 0.6 is 11.3 Å². The second-order valence-corrected chi connectivity index (χ2v) is 6.01. The molecule has 0 spiro atoms. The molecule has 0 aliphatic carbocycles. The minimum Gasteiger partial charge on any atom is -0.480 e. The van der Waals surface area contributed by atoms with Crippen molar-refractivity contribution < 1.29 is 27.4 Å². The lowest BCUT2D eigenvalue weighted by molar-refractivity contribution is -0.140. The van der Waals surface area contributed by atoms with Gasteiger partial charge in [0.15, 0.2) is 16.4 Å². The minimum atomic E-state index is -4.75. The normalized spacial score (nSPS) is 11.2. The molecule has 0 saturated carbocycles. The van der Waals surface area contributed by atoms with Crippen LogP contribution in [0.4, 0.5) is 18.3 Å². The lowest BCUT2D eigenvalue weighted by Crippen LogP contribution is -2.16. The Morgan fingerprint density at radius 1 is 1.11 bits per heavy atom. The Morgan fingerprint density at radius 3 is 2.32 bits per heavy atom. The number of carbonyl (C=O) groups is 1. The number of hydrogen-bond acceptors (Lipinski definition) is 9. The number of anilines is 1. The van der Waals surface area contributed by atoms with Crippen molar-refractivity contribution in [1.82, 2.24) is 24.9 Å². The smallest absolute Gasteiger partial charge is 0.434 e. The molecule has 3 rings (SSSR count). The summed E-state index contributed by atoms with van der Waals surface area (Å²) in [6.45, 7) is 0. The number of rotatable bonds is 5. The van der Waals surface area contributed by atoms with Gasteiger partial charge in [0.2, 0.25) is 11.8 Å². The summed E-state index contributed by atoms with van der Waals surface area (Å²) in [6.07, 6.45) is 0.119. The van der Waals surface area contributed by atoms with Gasteiger partial charge < -0.3 is 9.47 Å². The second-order valence-electron chi connectivity index (χ2n) is 5.01. The molecule has 0 radical (unpaired) electrons. The van der Waals surface area contributed by atoms with Crippen LogP contribution in [-0.4, -0.2) is 45.0 Å². The molecule has 3 aromatic heterocycles. The van der Waals surface area contributed by atoms with Crippen molar-refractivity contribution in [2.45, 2.75) is 6.18 Å². The maximum atomic E-state index is 13.4. The van der Waals surface area contributed by atoms with Gasteiger partial charge in [-0.1, -0.05) is 11.3 Å². The molecule has 0 aromatic carbocycles. The molecule has 1 amide bonds. The van der Waals surface area contributed by atoms with Crippen LogP contribution in [0, 0.1) is 0 Å². The predicted octanol–water partition coefficient (Wildman–Crippen LogP) is 2.68. The van der Waals surface area contributed by atoms with Crippen molar-refractivity contribution in [2.75, 3.05) is 19.5 Å². The van der Waals surface area contributed by atoms with E-state index in [1.54, 1.807) is 0 Å². The third-order valence-corrected chi connectivity index (χ3v) is 4.30. The lowest BCUT2D eigenvalue weighted by Gasteiger charge is -2.09. The average molecular weight is 412 g/mol. The van der Waals surface area contributed by atoms with E-state index in [2.05, 4.69) is 30.2 Å². The first-order valence-electron chi connectivity index (χ1n) is 7.44. The summed E-state index contributed by atoms with van der Waals surface area (Å²) in [4.78, 5) is 31.0. The summed E-state index contributed by atoms with van der Waals surface area (Å²) in [7, 11) is 2.55. The third kappa shape index (κ3) is 3.83.